The van der Waals surface area contributed by atoms with E-state index in [1.165, 1.54) is 11.1 Å². The van der Waals surface area contributed by atoms with Gasteiger partial charge in [0.25, 0.3) is 0 Å². The van der Waals surface area contributed by atoms with Crippen molar-refractivity contribution in [2.75, 3.05) is 47.5 Å². The molecule has 3 rings (SSSR count). The molecule has 0 aliphatic carbocycles. The predicted octanol–water partition coefficient (Wildman–Crippen LogP) is 2.49. The number of piperazine rings is 1. The molecule has 9 nitrogen and oxygen atoms in total. The van der Waals surface area contributed by atoms with E-state index < -0.39 is 11.9 Å². The molecular formula is C24H32N2O7. The van der Waals surface area contributed by atoms with Crippen molar-refractivity contribution >= 4 is 11.9 Å². The summed E-state index contributed by atoms with van der Waals surface area (Å²) < 4.78 is 16.5. The summed E-state index contributed by atoms with van der Waals surface area (Å²) in [7, 11) is 4.97. The SMILES string of the molecule is COc1ccc(CN2CCN(Cc3ccc(C)cc3)CC2)c(OC)c1OC.O=C(O)C(=O)O. The van der Waals surface area contributed by atoms with E-state index in [2.05, 4.69) is 47.1 Å². The van der Waals surface area contributed by atoms with Crippen LogP contribution in [0.5, 0.6) is 17.2 Å². The lowest BCUT2D eigenvalue weighted by Gasteiger charge is -2.35. The number of ether oxygens (including phenoxy) is 3. The fraction of sp³-hybridized carbons (Fsp3) is 0.417. The van der Waals surface area contributed by atoms with Crippen LogP contribution in [0.2, 0.25) is 0 Å². The standard InChI is InChI=1S/C22H30N2O3.C2H2O4/c1-17-5-7-18(8-6-17)15-23-11-13-24(14-12-23)16-19-9-10-20(25-2)22(27-4)21(19)26-3;3-1(4)2(5)6/h5-10H,11-16H2,1-4H3;(H,3,4)(H,5,6). The third-order valence-corrected chi connectivity index (χ3v) is 5.35. The van der Waals surface area contributed by atoms with Gasteiger partial charge in [-0.1, -0.05) is 35.9 Å². The van der Waals surface area contributed by atoms with Gasteiger partial charge in [0, 0.05) is 44.8 Å². The zero-order valence-corrected chi connectivity index (χ0v) is 19.5. The number of aliphatic carboxylic acids is 2. The molecule has 0 atom stereocenters. The van der Waals surface area contributed by atoms with Gasteiger partial charge in [-0.15, -0.1) is 0 Å². The summed E-state index contributed by atoms with van der Waals surface area (Å²) in [4.78, 5) is 23.2. The van der Waals surface area contributed by atoms with Crippen molar-refractivity contribution in [1.29, 1.82) is 0 Å². The van der Waals surface area contributed by atoms with Gasteiger partial charge in [0.2, 0.25) is 5.75 Å². The van der Waals surface area contributed by atoms with Crippen LogP contribution in [0.25, 0.3) is 0 Å². The molecule has 1 heterocycles. The van der Waals surface area contributed by atoms with Crippen LogP contribution in [0.4, 0.5) is 0 Å². The molecule has 0 unspecified atom stereocenters. The molecule has 33 heavy (non-hydrogen) atoms. The second-order valence-corrected chi connectivity index (χ2v) is 7.64. The highest BCUT2D eigenvalue weighted by atomic mass is 16.5. The Kier molecular flexibility index (Phi) is 9.96. The zero-order valence-electron chi connectivity index (χ0n) is 19.5. The van der Waals surface area contributed by atoms with Gasteiger partial charge in [0.05, 0.1) is 21.3 Å². The van der Waals surface area contributed by atoms with Crippen LogP contribution in [0.15, 0.2) is 36.4 Å². The van der Waals surface area contributed by atoms with Gasteiger partial charge in [0.15, 0.2) is 11.5 Å². The zero-order chi connectivity index (χ0) is 24.4. The van der Waals surface area contributed by atoms with Crippen molar-refractivity contribution < 1.29 is 34.0 Å². The lowest BCUT2D eigenvalue weighted by atomic mass is 10.1. The Morgan fingerprint density at radius 2 is 1.27 bits per heavy atom. The summed E-state index contributed by atoms with van der Waals surface area (Å²) >= 11 is 0. The molecule has 0 spiro atoms. The molecule has 0 aromatic heterocycles. The van der Waals surface area contributed by atoms with Crippen molar-refractivity contribution in [2.24, 2.45) is 0 Å². The van der Waals surface area contributed by atoms with Crippen LogP contribution in [-0.4, -0.2) is 79.5 Å². The lowest BCUT2D eigenvalue weighted by molar-refractivity contribution is -0.159. The van der Waals surface area contributed by atoms with E-state index in [1.54, 1.807) is 21.3 Å². The maximum Gasteiger partial charge on any atom is 0.414 e. The molecule has 1 fully saturated rings. The number of hydrogen-bond donors (Lipinski definition) is 2. The molecule has 1 aliphatic heterocycles. The van der Waals surface area contributed by atoms with E-state index in [9.17, 15) is 0 Å². The number of methoxy groups -OCH3 is 3. The number of hydrogen-bond acceptors (Lipinski definition) is 7. The number of carboxylic acids is 2. The Morgan fingerprint density at radius 1 is 0.758 bits per heavy atom. The summed E-state index contributed by atoms with van der Waals surface area (Å²) in [6.07, 6.45) is 0. The molecular weight excluding hydrogens is 428 g/mol. The predicted molar refractivity (Wildman–Crippen MR) is 123 cm³/mol. The normalized spacial score (nSPS) is 14.1. The summed E-state index contributed by atoms with van der Waals surface area (Å²) in [5, 5.41) is 14.8. The maximum absolute atomic E-state index is 9.10. The minimum Gasteiger partial charge on any atom is -0.493 e. The van der Waals surface area contributed by atoms with E-state index in [-0.39, 0.29) is 0 Å². The molecule has 180 valence electrons. The van der Waals surface area contributed by atoms with Gasteiger partial charge in [-0.05, 0) is 18.6 Å². The monoisotopic (exact) mass is 460 g/mol. The van der Waals surface area contributed by atoms with Crippen LogP contribution >= 0.6 is 0 Å². The number of nitrogens with zero attached hydrogens (tertiary/aromatic N) is 2. The maximum atomic E-state index is 9.10. The first-order valence-electron chi connectivity index (χ1n) is 10.5. The number of benzene rings is 2. The average Bonchev–Trinajstić information content (AvgIpc) is 2.81. The Balaban J connectivity index is 0.000000569. The van der Waals surface area contributed by atoms with Crippen molar-refractivity contribution in [3.8, 4) is 17.2 Å². The summed E-state index contributed by atoms with van der Waals surface area (Å²) in [6.45, 7) is 8.24. The van der Waals surface area contributed by atoms with Crippen LogP contribution in [0.1, 0.15) is 16.7 Å². The minimum absolute atomic E-state index is 0.663. The third kappa shape index (κ3) is 7.65. The quantitative estimate of drug-likeness (QED) is 0.602. The Labute approximate surface area is 194 Å². The largest absolute Gasteiger partial charge is 0.493 e. The Hall–Kier alpha value is -3.30. The molecule has 9 heteroatoms. The third-order valence-electron chi connectivity index (χ3n) is 5.35. The van der Waals surface area contributed by atoms with E-state index in [1.807, 2.05) is 6.07 Å². The van der Waals surface area contributed by atoms with Crippen molar-refractivity contribution in [2.45, 2.75) is 20.0 Å². The summed E-state index contributed by atoms with van der Waals surface area (Å²) in [5.74, 6) is -1.53. The van der Waals surface area contributed by atoms with Gasteiger partial charge < -0.3 is 24.4 Å². The topological polar surface area (TPSA) is 109 Å². The van der Waals surface area contributed by atoms with Crippen LogP contribution in [0, 0.1) is 6.92 Å². The van der Waals surface area contributed by atoms with Crippen molar-refractivity contribution in [3.05, 3.63) is 53.1 Å². The first kappa shape index (κ1) is 26.0. The van der Waals surface area contributed by atoms with Crippen molar-refractivity contribution in [1.82, 2.24) is 9.80 Å². The second-order valence-electron chi connectivity index (χ2n) is 7.64. The van der Waals surface area contributed by atoms with Crippen LogP contribution < -0.4 is 14.2 Å². The van der Waals surface area contributed by atoms with E-state index in [0.29, 0.717) is 11.5 Å². The number of carbonyl (C=O) groups is 2. The van der Waals surface area contributed by atoms with Crippen molar-refractivity contribution in [3.63, 3.8) is 0 Å². The summed E-state index contributed by atoms with van der Waals surface area (Å²) in [5.41, 5.74) is 3.82. The first-order chi connectivity index (χ1) is 15.8. The molecule has 2 aromatic carbocycles. The van der Waals surface area contributed by atoms with E-state index >= 15 is 0 Å². The Bertz CT molecular complexity index is 911. The molecule has 0 saturated carbocycles. The Morgan fingerprint density at radius 3 is 1.73 bits per heavy atom. The van der Waals surface area contributed by atoms with E-state index in [4.69, 9.17) is 34.0 Å². The van der Waals surface area contributed by atoms with Gasteiger partial charge in [-0.25, -0.2) is 9.59 Å². The number of aryl methyl sites for hydroxylation is 1. The molecule has 0 radical (unpaired) electrons. The van der Waals surface area contributed by atoms with Gasteiger partial charge in [-0.3, -0.25) is 9.80 Å². The highest BCUT2D eigenvalue weighted by Crippen LogP contribution is 2.40. The fourth-order valence-corrected chi connectivity index (χ4v) is 3.59. The molecule has 2 N–H and O–H groups in total. The highest BCUT2D eigenvalue weighted by molar-refractivity contribution is 6.27. The number of carboxylic acid groups (broad SMARTS) is 2. The van der Waals surface area contributed by atoms with Gasteiger partial charge in [0.1, 0.15) is 0 Å². The molecule has 0 amide bonds. The van der Waals surface area contributed by atoms with E-state index in [0.717, 1.165) is 50.6 Å². The molecule has 1 aliphatic rings. The highest BCUT2D eigenvalue weighted by Gasteiger charge is 2.21. The van der Waals surface area contributed by atoms with Gasteiger partial charge >= 0.3 is 11.9 Å². The van der Waals surface area contributed by atoms with Crippen LogP contribution in [0.3, 0.4) is 0 Å². The number of rotatable bonds is 7. The second kappa shape index (κ2) is 12.7. The smallest absolute Gasteiger partial charge is 0.414 e. The van der Waals surface area contributed by atoms with Crippen LogP contribution in [-0.2, 0) is 22.7 Å². The van der Waals surface area contributed by atoms with Gasteiger partial charge in [-0.2, -0.15) is 0 Å². The molecule has 0 bridgehead atoms. The lowest BCUT2D eigenvalue weighted by Crippen LogP contribution is -2.45. The fourth-order valence-electron chi connectivity index (χ4n) is 3.59. The molecule has 1 saturated heterocycles. The minimum atomic E-state index is -1.82. The molecule has 2 aromatic rings. The summed E-state index contributed by atoms with van der Waals surface area (Å²) in [6, 6.07) is 12.9. The first-order valence-corrected chi connectivity index (χ1v) is 10.5. The average molecular weight is 461 g/mol.